The zero-order chi connectivity index (χ0) is 24.4. The average Bonchev–Trinajstić information content (AvgIpc) is 3.35. The molecule has 9 heteroatoms. The van der Waals surface area contributed by atoms with Crippen molar-refractivity contribution in [1.29, 1.82) is 0 Å². The van der Waals surface area contributed by atoms with Gasteiger partial charge in [0.15, 0.2) is 5.69 Å². The second-order valence-corrected chi connectivity index (χ2v) is 9.51. The lowest BCUT2D eigenvalue weighted by Crippen LogP contribution is -2.36. The minimum absolute atomic E-state index is 0.00902. The first-order valence-corrected chi connectivity index (χ1v) is 11.1. The van der Waals surface area contributed by atoms with E-state index in [-0.39, 0.29) is 29.4 Å². The van der Waals surface area contributed by atoms with Gasteiger partial charge >= 0.3 is 12.1 Å². The van der Waals surface area contributed by atoms with E-state index in [4.69, 9.17) is 4.74 Å². The predicted octanol–water partition coefficient (Wildman–Crippen LogP) is 5.53. The zero-order valence-electron chi connectivity index (χ0n) is 19.3. The van der Waals surface area contributed by atoms with Crippen molar-refractivity contribution < 1.29 is 27.5 Å². The molecule has 1 aromatic carbocycles. The maximum absolute atomic E-state index is 13.7. The first-order chi connectivity index (χ1) is 15.3. The maximum Gasteiger partial charge on any atom is 0.417 e. The second-order valence-electron chi connectivity index (χ2n) is 9.51. The van der Waals surface area contributed by atoms with Crippen LogP contribution in [0.5, 0.6) is 0 Å². The smallest absolute Gasteiger partial charge is 0.417 e. The second kappa shape index (κ2) is 9.57. The first kappa shape index (κ1) is 24.8. The number of nitrogens with one attached hydrogen (secondary N) is 1. The first-order valence-electron chi connectivity index (χ1n) is 11.1. The summed E-state index contributed by atoms with van der Waals surface area (Å²) in [5, 5.41) is 7.11. The van der Waals surface area contributed by atoms with Gasteiger partial charge in [0.2, 0.25) is 0 Å². The molecule has 0 bridgehead atoms. The molecule has 1 heterocycles. The van der Waals surface area contributed by atoms with Gasteiger partial charge in [-0.15, -0.1) is 0 Å². The Labute approximate surface area is 191 Å². The summed E-state index contributed by atoms with van der Waals surface area (Å²) in [6.07, 6.45) is -1.07. The van der Waals surface area contributed by atoms with Gasteiger partial charge in [-0.05, 0) is 52.7 Å². The van der Waals surface area contributed by atoms with Crippen LogP contribution in [0.15, 0.2) is 30.3 Å². The summed E-state index contributed by atoms with van der Waals surface area (Å²) in [5.74, 6) is -1.000. The third kappa shape index (κ3) is 6.36. The number of benzene rings is 1. The summed E-state index contributed by atoms with van der Waals surface area (Å²) in [6, 6.07) is 6.12. The molecule has 180 valence electrons. The average molecular weight is 466 g/mol. The number of rotatable bonds is 6. The molecular formula is C24H30F3N3O3. The van der Waals surface area contributed by atoms with Crippen molar-refractivity contribution in [1.82, 2.24) is 15.1 Å². The number of hydrogen-bond acceptors (Lipinski definition) is 4. The number of ether oxygens (including phenoxy) is 1. The largest absolute Gasteiger partial charge is 0.460 e. The quantitative estimate of drug-likeness (QED) is 0.569. The molecule has 0 radical (unpaired) electrons. The van der Waals surface area contributed by atoms with Crippen molar-refractivity contribution in [2.75, 3.05) is 0 Å². The van der Waals surface area contributed by atoms with Crippen molar-refractivity contribution >= 4 is 11.9 Å². The summed E-state index contributed by atoms with van der Waals surface area (Å²) < 4.78 is 47.8. The number of esters is 1. The van der Waals surface area contributed by atoms with E-state index in [1.165, 1.54) is 18.2 Å². The SMILES string of the molecule is C[C@@H](CC(=O)OC(C)(C)C)NC(=O)c1cc(-c2ccccc2C(F)(F)F)n(C2CCCC2)n1. The van der Waals surface area contributed by atoms with Crippen LogP contribution >= 0.6 is 0 Å². The van der Waals surface area contributed by atoms with E-state index >= 15 is 0 Å². The van der Waals surface area contributed by atoms with Crippen molar-refractivity contribution in [3.63, 3.8) is 0 Å². The Hall–Kier alpha value is -2.84. The molecule has 1 fully saturated rings. The van der Waals surface area contributed by atoms with Gasteiger partial charge in [-0.2, -0.15) is 18.3 Å². The number of halogens is 3. The van der Waals surface area contributed by atoms with Crippen LogP contribution < -0.4 is 5.32 Å². The molecule has 0 spiro atoms. The molecule has 1 amide bonds. The molecule has 0 unspecified atom stereocenters. The van der Waals surface area contributed by atoms with Crippen LogP contribution in [-0.4, -0.2) is 33.3 Å². The van der Waals surface area contributed by atoms with E-state index < -0.39 is 35.3 Å². The lowest BCUT2D eigenvalue weighted by atomic mass is 10.0. The Bertz CT molecular complexity index is 1000. The fourth-order valence-corrected chi connectivity index (χ4v) is 4.07. The van der Waals surface area contributed by atoms with E-state index in [0.29, 0.717) is 0 Å². The third-order valence-corrected chi connectivity index (χ3v) is 5.42. The number of nitrogens with zero attached hydrogens (tertiary/aromatic N) is 2. The molecule has 0 saturated heterocycles. The van der Waals surface area contributed by atoms with Gasteiger partial charge in [-0.1, -0.05) is 31.0 Å². The van der Waals surface area contributed by atoms with Crippen LogP contribution in [0.2, 0.25) is 0 Å². The minimum atomic E-state index is -4.54. The Kier molecular flexibility index (Phi) is 7.19. The van der Waals surface area contributed by atoms with E-state index in [0.717, 1.165) is 31.7 Å². The highest BCUT2D eigenvalue weighted by Crippen LogP contribution is 2.40. The highest BCUT2D eigenvalue weighted by Gasteiger charge is 2.35. The van der Waals surface area contributed by atoms with E-state index in [9.17, 15) is 22.8 Å². The summed E-state index contributed by atoms with van der Waals surface area (Å²) >= 11 is 0. The summed E-state index contributed by atoms with van der Waals surface area (Å²) in [7, 11) is 0. The van der Waals surface area contributed by atoms with Gasteiger partial charge in [-0.25, -0.2) is 0 Å². The van der Waals surface area contributed by atoms with E-state index in [1.807, 2.05) is 0 Å². The zero-order valence-corrected chi connectivity index (χ0v) is 19.3. The summed E-state index contributed by atoms with van der Waals surface area (Å²) in [5.41, 5.74) is -1.13. The summed E-state index contributed by atoms with van der Waals surface area (Å²) in [4.78, 5) is 24.9. The van der Waals surface area contributed by atoms with Crippen LogP contribution in [0.4, 0.5) is 13.2 Å². The van der Waals surface area contributed by atoms with Gasteiger partial charge in [0.05, 0.1) is 23.7 Å². The lowest BCUT2D eigenvalue weighted by Gasteiger charge is -2.21. The molecule has 6 nitrogen and oxygen atoms in total. The fourth-order valence-electron chi connectivity index (χ4n) is 4.07. The van der Waals surface area contributed by atoms with Gasteiger partial charge in [0, 0.05) is 11.6 Å². The van der Waals surface area contributed by atoms with Crippen molar-refractivity contribution in [3.05, 3.63) is 41.6 Å². The van der Waals surface area contributed by atoms with E-state index in [1.54, 1.807) is 38.4 Å². The lowest BCUT2D eigenvalue weighted by molar-refractivity contribution is -0.155. The van der Waals surface area contributed by atoms with Crippen LogP contribution in [0.1, 0.15) is 81.9 Å². The van der Waals surface area contributed by atoms with Crippen LogP contribution in [0, 0.1) is 0 Å². The monoisotopic (exact) mass is 465 g/mol. The van der Waals surface area contributed by atoms with Crippen molar-refractivity contribution in [2.24, 2.45) is 0 Å². The highest BCUT2D eigenvalue weighted by molar-refractivity contribution is 5.94. The number of hydrogen-bond donors (Lipinski definition) is 1. The van der Waals surface area contributed by atoms with Crippen LogP contribution in [0.3, 0.4) is 0 Å². The number of carbonyl (C=O) groups is 2. The van der Waals surface area contributed by atoms with Crippen LogP contribution in [0.25, 0.3) is 11.3 Å². The molecule has 1 N–H and O–H groups in total. The highest BCUT2D eigenvalue weighted by atomic mass is 19.4. The molecule has 1 atom stereocenters. The third-order valence-electron chi connectivity index (χ3n) is 5.42. The van der Waals surface area contributed by atoms with E-state index in [2.05, 4.69) is 10.4 Å². The number of alkyl halides is 3. The molecule has 1 aliphatic rings. The van der Waals surface area contributed by atoms with Gasteiger partial charge in [-0.3, -0.25) is 14.3 Å². The van der Waals surface area contributed by atoms with Gasteiger partial charge < -0.3 is 10.1 Å². The molecule has 3 rings (SSSR count). The minimum Gasteiger partial charge on any atom is -0.460 e. The number of carbonyl (C=O) groups excluding carboxylic acids is 2. The molecule has 33 heavy (non-hydrogen) atoms. The van der Waals surface area contributed by atoms with Gasteiger partial charge in [0.1, 0.15) is 5.60 Å². The Morgan fingerprint density at radius 1 is 1.18 bits per heavy atom. The maximum atomic E-state index is 13.7. The molecule has 0 aliphatic heterocycles. The Morgan fingerprint density at radius 3 is 2.42 bits per heavy atom. The predicted molar refractivity (Wildman–Crippen MR) is 118 cm³/mol. The molecular weight excluding hydrogens is 435 g/mol. The number of amides is 1. The topological polar surface area (TPSA) is 73.2 Å². The normalized spacial score (nSPS) is 16.0. The Morgan fingerprint density at radius 2 is 1.82 bits per heavy atom. The Balaban J connectivity index is 1.88. The molecule has 1 aliphatic carbocycles. The molecule has 1 saturated carbocycles. The fraction of sp³-hybridized carbons (Fsp3) is 0.542. The van der Waals surface area contributed by atoms with Crippen molar-refractivity contribution in [3.8, 4) is 11.3 Å². The standard InChI is InChI=1S/C24H30F3N3O3/c1-15(13-21(31)33-23(2,3)4)28-22(32)19-14-20(30(29-19)16-9-5-6-10-16)17-11-7-8-12-18(17)24(25,26)27/h7-8,11-12,14-16H,5-6,9-10,13H2,1-4H3,(H,28,32)/t15-/m0/s1. The summed E-state index contributed by atoms with van der Waals surface area (Å²) in [6.45, 7) is 6.92. The van der Waals surface area contributed by atoms with Gasteiger partial charge in [0.25, 0.3) is 5.91 Å². The molecule has 2 aromatic rings. The number of aromatic nitrogens is 2. The van der Waals surface area contributed by atoms with Crippen molar-refractivity contribution in [2.45, 2.75) is 83.7 Å². The molecule has 1 aromatic heterocycles. The van der Waals surface area contributed by atoms with Crippen LogP contribution in [-0.2, 0) is 15.7 Å².